The molecule has 2 unspecified atom stereocenters. The second kappa shape index (κ2) is 6.36. The summed E-state index contributed by atoms with van der Waals surface area (Å²) < 4.78 is 40.9. The smallest absolute Gasteiger partial charge is 0.194 e. The van der Waals surface area contributed by atoms with Crippen LogP contribution in [-0.2, 0) is 0 Å². The quantitative estimate of drug-likeness (QED) is 0.835. The SMILES string of the molecule is CCC(C)(C(NC)c1ccc(F)c(F)c1F)N1CCCC1. The molecule has 0 aliphatic carbocycles. The van der Waals surface area contributed by atoms with Crippen LogP contribution >= 0.6 is 0 Å². The van der Waals surface area contributed by atoms with Crippen molar-refractivity contribution < 1.29 is 13.2 Å². The van der Waals surface area contributed by atoms with E-state index in [-0.39, 0.29) is 11.1 Å². The molecule has 1 heterocycles. The molecule has 2 atom stereocenters. The third kappa shape index (κ3) is 2.81. The lowest BCUT2D eigenvalue weighted by molar-refractivity contribution is 0.0853. The molecule has 1 fully saturated rings. The van der Waals surface area contributed by atoms with Crippen molar-refractivity contribution in [2.75, 3.05) is 20.1 Å². The Balaban J connectivity index is 2.44. The van der Waals surface area contributed by atoms with Gasteiger partial charge < -0.3 is 5.32 Å². The van der Waals surface area contributed by atoms with Crippen LogP contribution in [0.25, 0.3) is 0 Å². The fourth-order valence-electron chi connectivity index (χ4n) is 3.40. The Morgan fingerprint density at radius 1 is 1.19 bits per heavy atom. The average molecular weight is 300 g/mol. The zero-order chi connectivity index (χ0) is 15.6. The molecule has 1 saturated heterocycles. The molecule has 5 heteroatoms. The van der Waals surface area contributed by atoms with Crippen LogP contribution in [0.15, 0.2) is 12.1 Å². The Morgan fingerprint density at radius 3 is 2.33 bits per heavy atom. The Morgan fingerprint density at radius 2 is 1.81 bits per heavy atom. The zero-order valence-electron chi connectivity index (χ0n) is 12.8. The lowest BCUT2D eigenvalue weighted by Gasteiger charge is -2.44. The van der Waals surface area contributed by atoms with Gasteiger partial charge in [0.2, 0.25) is 0 Å². The predicted molar refractivity (Wildman–Crippen MR) is 77.6 cm³/mol. The van der Waals surface area contributed by atoms with E-state index < -0.39 is 23.5 Å². The van der Waals surface area contributed by atoms with Crippen molar-refractivity contribution in [1.82, 2.24) is 10.2 Å². The average Bonchev–Trinajstić information content (AvgIpc) is 3.02. The van der Waals surface area contributed by atoms with E-state index in [0.717, 1.165) is 38.4 Å². The molecule has 2 rings (SSSR count). The summed E-state index contributed by atoms with van der Waals surface area (Å²) in [6.45, 7) is 6.00. The standard InChI is InChI=1S/C16H23F3N2/c1-4-16(2,21-9-5-6-10-21)15(20-3)11-7-8-12(17)14(19)13(11)18/h7-8,15,20H,4-6,9-10H2,1-3H3. The van der Waals surface area contributed by atoms with Crippen LogP contribution in [0, 0.1) is 17.5 Å². The number of likely N-dealkylation sites (tertiary alicyclic amines) is 1. The van der Waals surface area contributed by atoms with Crippen LogP contribution in [0.2, 0.25) is 0 Å². The molecule has 118 valence electrons. The first-order valence-corrected chi connectivity index (χ1v) is 7.51. The van der Waals surface area contributed by atoms with E-state index in [1.165, 1.54) is 6.07 Å². The summed E-state index contributed by atoms with van der Waals surface area (Å²) in [6.07, 6.45) is 3.02. The Hall–Kier alpha value is -1.07. The molecular weight excluding hydrogens is 277 g/mol. The highest BCUT2D eigenvalue weighted by atomic mass is 19.2. The summed E-state index contributed by atoms with van der Waals surface area (Å²) in [5.74, 6) is -3.63. The van der Waals surface area contributed by atoms with Crippen LogP contribution in [0.3, 0.4) is 0 Å². The van der Waals surface area contributed by atoms with Crippen molar-refractivity contribution >= 4 is 0 Å². The lowest BCUT2D eigenvalue weighted by Crippen LogP contribution is -2.53. The highest BCUT2D eigenvalue weighted by molar-refractivity contribution is 5.27. The Kier molecular flexibility index (Phi) is 4.94. The van der Waals surface area contributed by atoms with Crippen LogP contribution in [0.5, 0.6) is 0 Å². The molecule has 0 spiro atoms. The summed E-state index contributed by atoms with van der Waals surface area (Å²) >= 11 is 0. The minimum absolute atomic E-state index is 0.188. The van der Waals surface area contributed by atoms with Crippen LogP contribution in [-0.4, -0.2) is 30.6 Å². The third-order valence-corrected chi connectivity index (χ3v) is 4.83. The second-order valence-electron chi connectivity index (χ2n) is 5.89. The monoisotopic (exact) mass is 300 g/mol. The summed E-state index contributed by atoms with van der Waals surface area (Å²) in [5, 5.41) is 3.10. The molecule has 1 aliphatic heterocycles. The van der Waals surface area contributed by atoms with E-state index in [1.807, 2.05) is 6.92 Å². The van der Waals surface area contributed by atoms with Gasteiger partial charge in [-0.25, -0.2) is 13.2 Å². The molecule has 0 saturated carbocycles. The van der Waals surface area contributed by atoms with Crippen LogP contribution in [0.1, 0.15) is 44.7 Å². The summed E-state index contributed by atoms with van der Waals surface area (Å²) in [6, 6.07) is 1.95. The van der Waals surface area contributed by atoms with Gasteiger partial charge in [-0.3, -0.25) is 4.90 Å². The van der Waals surface area contributed by atoms with Gasteiger partial charge in [0, 0.05) is 11.1 Å². The third-order valence-electron chi connectivity index (χ3n) is 4.83. The minimum atomic E-state index is -1.40. The van der Waals surface area contributed by atoms with Crippen molar-refractivity contribution in [3.8, 4) is 0 Å². The molecule has 1 aromatic carbocycles. The molecular formula is C16H23F3N2. The molecule has 1 aromatic rings. The molecule has 0 bridgehead atoms. The first-order chi connectivity index (χ1) is 9.95. The van der Waals surface area contributed by atoms with Crippen molar-refractivity contribution in [1.29, 1.82) is 0 Å². The van der Waals surface area contributed by atoms with Gasteiger partial charge in [-0.15, -0.1) is 0 Å². The maximum Gasteiger partial charge on any atom is 0.194 e. The van der Waals surface area contributed by atoms with E-state index in [4.69, 9.17) is 0 Å². The summed E-state index contributed by atoms with van der Waals surface area (Å²) in [4.78, 5) is 2.31. The zero-order valence-corrected chi connectivity index (χ0v) is 12.8. The van der Waals surface area contributed by atoms with Gasteiger partial charge in [0.15, 0.2) is 17.5 Å². The number of rotatable bonds is 5. The van der Waals surface area contributed by atoms with Crippen molar-refractivity contribution in [2.45, 2.75) is 44.7 Å². The molecule has 1 N–H and O–H groups in total. The van der Waals surface area contributed by atoms with Gasteiger partial charge in [0.25, 0.3) is 0 Å². The molecule has 0 aromatic heterocycles. The second-order valence-corrected chi connectivity index (χ2v) is 5.89. The fraction of sp³-hybridized carbons (Fsp3) is 0.625. The van der Waals surface area contributed by atoms with E-state index >= 15 is 0 Å². The molecule has 0 amide bonds. The maximum absolute atomic E-state index is 14.2. The number of nitrogens with one attached hydrogen (secondary N) is 1. The Bertz CT molecular complexity index is 501. The number of hydrogen-bond donors (Lipinski definition) is 1. The molecule has 21 heavy (non-hydrogen) atoms. The lowest BCUT2D eigenvalue weighted by atomic mass is 9.82. The normalized spacial score (nSPS) is 20.5. The summed E-state index contributed by atoms with van der Waals surface area (Å²) in [5.41, 5.74) is -0.149. The van der Waals surface area contributed by atoms with E-state index in [9.17, 15) is 13.2 Å². The van der Waals surface area contributed by atoms with Gasteiger partial charge in [0.1, 0.15) is 0 Å². The highest BCUT2D eigenvalue weighted by Gasteiger charge is 2.41. The number of likely N-dealkylation sites (N-methyl/N-ethyl adjacent to an activating group) is 1. The first kappa shape index (κ1) is 16.3. The van der Waals surface area contributed by atoms with E-state index in [0.29, 0.717) is 0 Å². The van der Waals surface area contributed by atoms with Crippen LogP contribution in [0.4, 0.5) is 13.2 Å². The summed E-state index contributed by atoms with van der Waals surface area (Å²) in [7, 11) is 1.73. The first-order valence-electron chi connectivity index (χ1n) is 7.51. The molecule has 2 nitrogen and oxygen atoms in total. The maximum atomic E-state index is 14.2. The van der Waals surface area contributed by atoms with Gasteiger partial charge in [0.05, 0.1) is 6.04 Å². The van der Waals surface area contributed by atoms with Crippen molar-refractivity contribution in [2.24, 2.45) is 0 Å². The van der Waals surface area contributed by atoms with Gasteiger partial charge >= 0.3 is 0 Å². The molecule has 1 aliphatic rings. The minimum Gasteiger partial charge on any atom is -0.311 e. The van der Waals surface area contributed by atoms with Gasteiger partial charge in [-0.1, -0.05) is 13.0 Å². The largest absolute Gasteiger partial charge is 0.311 e. The number of halogens is 3. The number of hydrogen-bond acceptors (Lipinski definition) is 2. The molecule has 0 radical (unpaired) electrons. The van der Waals surface area contributed by atoms with Crippen molar-refractivity contribution in [3.63, 3.8) is 0 Å². The highest BCUT2D eigenvalue weighted by Crippen LogP contribution is 2.37. The topological polar surface area (TPSA) is 15.3 Å². The van der Waals surface area contributed by atoms with Crippen molar-refractivity contribution in [3.05, 3.63) is 35.1 Å². The predicted octanol–water partition coefficient (Wildman–Crippen LogP) is 3.63. The number of benzene rings is 1. The van der Waals surface area contributed by atoms with Gasteiger partial charge in [-0.2, -0.15) is 0 Å². The van der Waals surface area contributed by atoms with E-state index in [1.54, 1.807) is 7.05 Å². The van der Waals surface area contributed by atoms with E-state index in [2.05, 4.69) is 17.1 Å². The number of nitrogens with zero attached hydrogens (tertiary/aromatic N) is 1. The van der Waals surface area contributed by atoms with Crippen LogP contribution < -0.4 is 5.32 Å². The van der Waals surface area contributed by atoms with Gasteiger partial charge in [-0.05, 0) is 52.4 Å². The fourth-order valence-corrected chi connectivity index (χ4v) is 3.40. The Labute approximate surface area is 124 Å².